The van der Waals surface area contributed by atoms with Gasteiger partial charge in [0, 0.05) is 51.7 Å². The first-order valence-corrected chi connectivity index (χ1v) is 11.3. The third kappa shape index (κ3) is 4.69. The summed E-state index contributed by atoms with van der Waals surface area (Å²) in [6, 6.07) is 8.51. The molecule has 2 saturated heterocycles. The van der Waals surface area contributed by atoms with Crippen LogP contribution >= 0.6 is 0 Å². The zero-order valence-electron chi connectivity index (χ0n) is 18.7. The van der Waals surface area contributed by atoms with E-state index in [2.05, 4.69) is 29.0 Å². The second-order valence-electron chi connectivity index (χ2n) is 8.82. The van der Waals surface area contributed by atoms with Crippen LogP contribution in [0.15, 0.2) is 28.7 Å². The summed E-state index contributed by atoms with van der Waals surface area (Å²) >= 11 is 0. The number of carbonyl (C=O) groups excluding carboxylic acids is 2. The van der Waals surface area contributed by atoms with Gasteiger partial charge < -0.3 is 19.5 Å². The van der Waals surface area contributed by atoms with E-state index < -0.39 is 0 Å². The fourth-order valence-electron chi connectivity index (χ4n) is 4.90. The van der Waals surface area contributed by atoms with Crippen LogP contribution in [0.25, 0.3) is 11.1 Å². The lowest BCUT2D eigenvalue weighted by molar-refractivity contribution is -0.133. The number of anilines is 1. The summed E-state index contributed by atoms with van der Waals surface area (Å²) < 4.78 is 5.94. The molecule has 1 aromatic heterocycles. The molecule has 2 aliphatic rings. The van der Waals surface area contributed by atoms with Crippen molar-refractivity contribution in [3.05, 3.63) is 24.3 Å². The summed E-state index contributed by atoms with van der Waals surface area (Å²) in [5.41, 5.74) is 1.56. The minimum atomic E-state index is -0.258. The molecule has 3 unspecified atom stereocenters. The molecule has 4 rings (SSSR count). The predicted molar refractivity (Wildman–Crippen MR) is 120 cm³/mol. The molecule has 8 heteroatoms. The number of oxazole rings is 1. The lowest BCUT2D eigenvalue weighted by Gasteiger charge is -2.44. The zero-order chi connectivity index (χ0) is 22.0. The van der Waals surface area contributed by atoms with Crippen LogP contribution < -0.4 is 10.2 Å². The van der Waals surface area contributed by atoms with Gasteiger partial charge in [-0.15, -0.1) is 0 Å². The number of hydrogen-bond donors (Lipinski definition) is 1. The van der Waals surface area contributed by atoms with E-state index >= 15 is 0 Å². The van der Waals surface area contributed by atoms with Gasteiger partial charge in [-0.2, -0.15) is 4.98 Å². The standard InChI is InChI=1S/C23H33N5O3/c1-16-14-26(18(3)29)15-17(2)27(16)13-11-24-22(30)20-9-6-7-12-28(20)23-25-19-8-4-5-10-21(19)31-23/h4-5,8,10,16-17,20H,6-7,9,11-15H2,1-3H3,(H,24,30). The normalized spacial score (nSPS) is 25.1. The topological polar surface area (TPSA) is 81.9 Å². The monoisotopic (exact) mass is 427 g/mol. The first-order chi connectivity index (χ1) is 14.9. The number of aromatic nitrogens is 1. The Morgan fingerprint density at radius 3 is 2.61 bits per heavy atom. The van der Waals surface area contributed by atoms with Gasteiger partial charge in [-0.3, -0.25) is 14.5 Å². The van der Waals surface area contributed by atoms with Crippen molar-refractivity contribution in [3.63, 3.8) is 0 Å². The van der Waals surface area contributed by atoms with Gasteiger partial charge in [0.1, 0.15) is 11.6 Å². The van der Waals surface area contributed by atoms with Crippen LogP contribution in [-0.4, -0.2) is 77.4 Å². The molecule has 0 bridgehead atoms. The van der Waals surface area contributed by atoms with Gasteiger partial charge in [0.25, 0.3) is 6.01 Å². The second kappa shape index (κ2) is 9.26. The molecular formula is C23H33N5O3. The molecule has 31 heavy (non-hydrogen) atoms. The van der Waals surface area contributed by atoms with E-state index in [9.17, 15) is 9.59 Å². The quantitative estimate of drug-likeness (QED) is 0.788. The number of rotatable bonds is 5. The van der Waals surface area contributed by atoms with E-state index in [1.165, 1.54) is 0 Å². The number of para-hydroxylation sites is 2. The molecule has 0 saturated carbocycles. The third-order valence-electron chi connectivity index (χ3n) is 6.55. The third-order valence-corrected chi connectivity index (χ3v) is 6.55. The Labute approximate surface area is 183 Å². The van der Waals surface area contributed by atoms with E-state index in [-0.39, 0.29) is 29.9 Å². The molecule has 0 aliphatic carbocycles. The lowest BCUT2D eigenvalue weighted by atomic mass is 10.0. The Hall–Kier alpha value is -2.61. The number of nitrogens with zero attached hydrogens (tertiary/aromatic N) is 4. The van der Waals surface area contributed by atoms with Gasteiger partial charge in [-0.05, 0) is 45.2 Å². The van der Waals surface area contributed by atoms with Crippen molar-refractivity contribution in [2.75, 3.05) is 37.6 Å². The van der Waals surface area contributed by atoms with Crippen molar-refractivity contribution in [1.29, 1.82) is 0 Å². The van der Waals surface area contributed by atoms with E-state index in [1.807, 2.05) is 34.1 Å². The first-order valence-electron chi connectivity index (χ1n) is 11.3. The first kappa shape index (κ1) is 21.6. The molecule has 168 valence electrons. The molecule has 1 aromatic carbocycles. The van der Waals surface area contributed by atoms with Gasteiger partial charge in [-0.25, -0.2) is 0 Å². The summed E-state index contributed by atoms with van der Waals surface area (Å²) in [6.45, 7) is 9.52. The molecule has 2 aliphatic heterocycles. The highest BCUT2D eigenvalue weighted by atomic mass is 16.4. The number of nitrogens with one attached hydrogen (secondary N) is 1. The van der Waals surface area contributed by atoms with Gasteiger partial charge in [0.2, 0.25) is 11.8 Å². The van der Waals surface area contributed by atoms with Crippen molar-refractivity contribution in [2.45, 2.75) is 58.2 Å². The maximum absolute atomic E-state index is 13.0. The molecule has 3 heterocycles. The SMILES string of the molecule is CC(=O)N1CC(C)N(CCNC(=O)C2CCCCN2c2nc3ccccc3o2)C(C)C1. The van der Waals surface area contributed by atoms with Gasteiger partial charge in [0.05, 0.1) is 0 Å². The van der Waals surface area contributed by atoms with E-state index in [0.29, 0.717) is 12.6 Å². The lowest BCUT2D eigenvalue weighted by Crippen LogP contribution is -2.59. The molecule has 2 amide bonds. The van der Waals surface area contributed by atoms with E-state index in [0.717, 1.165) is 56.5 Å². The Bertz CT molecular complexity index is 884. The number of hydrogen-bond acceptors (Lipinski definition) is 6. The molecular weight excluding hydrogens is 394 g/mol. The van der Waals surface area contributed by atoms with Gasteiger partial charge >= 0.3 is 0 Å². The number of fused-ring (bicyclic) bond motifs is 1. The number of carbonyl (C=O) groups is 2. The van der Waals surface area contributed by atoms with Crippen LogP contribution in [-0.2, 0) is 9.59 Å². The Morgan fingerprint density at radius 2 is 1.90 bits per heavy atom. The van der Waals surface area contributed by atoms with Crippen LogP contribution in [0.4, 0.5) is 6.01 Å². The van der Waals surface area contributed by atoms with Crippen molar-refractivity contribution in [1.82, 2.24) is 20.1 Å². The number of benzene rings is 1. The number of amides is 2. The molecule has 1 N–H and O–H groups in total. The molecule has 2 fully saturated rings. The zero-order valence-corrected chi connectivity index (χ0v) is 18.7. The van der Waals surface area contributed by atoms with Crippen molar-refractivity contribution < 1.29 is 14.0 Å². The van der Waals surface area contributed by atoms with Crippen LogP contribution in [0.5, 0.6) is 0 Å². The Balaban J connectivity index is 1.35. The molecule has 3 atom stereocenters. The van der Waals surface area contributed by atoms with E-state index in [4.69, 9.17) is 4.42 Å². The van der Waals surface area contributed by atoms with Crippen molar-refractivity contribution in [2.24, 2.45) is 0 Å². The summed E-state index contributed by atoms with van der Waals surface area (Å²) in [5.74, 6) is 0.160. The van der Waals surface area contributed by atoms with Crippen LogP contribution in [0.3, 0.4) is 0 Å². The minimum absolute atomic E-state index is 0.0321. The average Bonchev–Trinajstić information content (AvgIpc) is 3.19. The Kier molecular flexibility index (Phi) is 6.46. The highest BCUT2D eigenvalue weighted by molar-refractivity contribution is 5.85. The second-order valence-corrected chi connectivity index (χ2v) is 8.82. The van der Waals surface area contributed by atoms with Crippen LogP contribution in [0.1, 0.15) is 40.0 Å². The average molecular weight is 428 g/mol. The van der Waals surface area contributed by atoms with Crippen LogP contribution in [0.2, 0.25) is 0 Å². The van der Waals surface area contributed by atoms with Crippen molar-refractivity contribution in [3.8, 4) is 0 Å². The van der Waals surface area contributed by atoms with Gasteiger partial charge in [-0.1, -0.05) is 12.1 Å². The Morgan fingerprint density at radius 1 is 1.16 bits per heavy atom. The van der Waals surface area contributed by atoms with Crippen LogP contribution in [0, 0.1) is 0 Å². The highest BCUT2D eigenvalue weighted by Crippen LogP contribution is 2.27. The maximum atomic E-state index is 13.0. The highest BCUT2D eigenvalue weighted by Gasteiger charge is 2.33. The largest absolute Gasteiger partial charge is 0.423 e. The number of piperidine rings is 1. The minimum Gasteiger partial charge on any atom is -0.423 e. The maximum Gasteiger partial charge on any atom is 0.299 e. The molecule has 0 spiro atoms. The molecule has 2 aromatic rings. The fourth-order valence-corrected chi connectivity index (χ4v) is 4.90. The number of piperazine rings is 1. The predicted octanol–water partition coefficient (Wildman–Crippen LogP) is 2.24. The molecule has 8 nitrogen and oxygen atoms in total. The van der Waals surface area contributed by atoms with E-state index in [1.54, 1.807) is 6.92 Å². The van der Waals surface area contributed by atoms with Gasteiger partial charge in [0.15, 0.2) is 5.58 Å². The smallest absolute Gasteiger partial charge is 0.299 e. The fraction of sp³-hybridized carbons (Fsp3) is 0.609. The molecule has 0 radical (unpaired) electrons. The summed E-state index contributed by atoms with van der Waals surface area (Å²) in [4.78, 5) is 35.7. The van der Waals surface area contributed by atoms with Crippen molar-refractivity contribution >= 4 is 28.9 Å². The summed E-state index contributed by atoms with van der Waals surface area (Å²) in [7, 11) is 0. The summed E-state index contributed by atoms with van der Waals surface area (Å²) in [5, 5.41) is 3.14. The summed E-state index contributed by atoms with van der Waals surface area (Å²) in [6.07, 6.45) is 2.85.